The molecule has 0 amide bonds. The van der Waals surface area contributed by atoms with E-state index in [-0.39, 0.29) is 17.5 Å². The molecule has 0 N–H and O–H groups in total. The van der Waals surface area contributed by atoms with Gasteiger partial charge in [0.05, 0.1) is 0 Å². The predicted molar refractivity (Wildman–Crippen MR) is 68.5 cm³/mol. The number of carbonyl (C=O) groups is 1. The lowest BCUT2D eigenvalue weighted by Crippen LogP contribution is -2.07. The van der Waals surface area contributed by atoms with Gasteiger partial charge in [0.2, 0.25) is 0 Å². The van der Waals surface area contributed by atoms with Crippen molar-refractivity contribution < 1.29 is 18.0 Å². The molecule has 0 spiro atoms. The third kappa shape index (κ3) is 3.04. The molecule has 0 heterocycles. The molecule has 0 saturated heterocycles. The van der Waals surface area contributed by atoms with E-state index in [1.165, 1.54) is 24.3 Å². The molecule has 98 valence electrons. The quantitative estimate of drug-likeness (QED) is 0.768. The van der Waals surface area contributed by atoms with Gasteiger partial charge in [-0.3, -0.25) is 4.79 Å². The molecule has 0 aliphatic rings. The second kappa shape index (κ2) is 5.57. The van der Waals surface area contributed by atoms with Crippen molar-refractivity contribution in [1.82, 2.24) is 0 Å². The minimum absolute atomic E-state index is 0.0545. The first-order chi connectivity index (χ1) is 8.99. The van der Waals surface area contributed by atoms with Crippen molar-refractivity contribution in [3.05, 3.63) is 69.4 Å². The Balaban J connectivity index is 2.31. The van der Waals surface area contributed by atoms with E-state index in [0.717, 1.165) is 12.1 Å². The minimum atomic E-state index is -1.05. The second-order valence-corrected chi connectivity index (χ2v) is 4.79. The number of rotatable bonds is 3. The van der Waals surface area contributed by atoms with Crippen LogP contribution in [0.25, 0.3) is 0 Å². The summed E-state index contributed by atoms with van der Waals surface area (Å²) in [6, 6.07) is 7.27. The Labute approximate surface area is 116 Å². The molecule has 2 rings (SSSR count). The summed E-state index contributed by atoms with van der Waals surface area (Å²) in [4.78, 5) is 12.0. The second-order valence-electron chi connectivity index (χ2n) is 3.94. The normalized spacial score (nSPS) is 10.5. The van der Waals surface area contributed by atoms with Gasteiger partial charge in [0.25, 0.3) is 0 Å². The van der Waals surface area contributed by atoms with E-state index in [1.807, 2.05) is 0 Å². The minimum Gasteiger partial charge on any atom is -0.294 e. The van der Waals surface area contributed by atoms with Gasteiger partial charge in [-0.15, -0.1) is 0 Å². The van der Waals surface area contributed by atoms with Crippen LogP contribution < -0.4 is 0 Å². The van der Waals surface area contributed by atoms with Crippen LogP contribution in [0.15, 0.2) is 40.9 Å². The monoisotopic (exact) mass is 328 g/mol. The van der Waals surface area contributed by atoms with Gasteiger partial charge in [0.15, 0.2) is 17.4 Å². The van der Waals surface area contributed by atoms with Crippen molar-refractivity contribution >= 4 is 21.7 Å². The molecule has 0 aliphatic carbocycles. The Bertz CT molecular complexity index is 641. The van der Waals surface area contributed by atoms with Crippen LogP contribution >= 0.6 is 15.9 Å². The van der Waals surface area contributed by atoms with Crippen LogP contribution in [0, 0.1) is 17.5 Å². The molecular weight excluding hydrogens is 321 g/mol. The summed E-state index contributed by atoms with van der Waals surface area (Å²) >= 11 is 3.12. The summed E-state index contributed by atoms with van der Waals surface area (Å²) in [5.74, 6) is -3.12. The fraction of sp³-hybridized carbons (Fsp3) is 0.0714. The lowest BCUT2D eigenvalue weighted by molar-refractivity contribution is 0.0990. The van der Waals surface area contributed by atoms with E-state index in [0.29, 0.717) is 4.47 Å². The molecule has 0 atom stereocenters. The van der Waals surface area contributed by atoms with Crippen LogP contribution in [-0.4, -0.2) is 5.78 Å². The summed E-state index contributed by atoms with van der Waals surface area (Å²) in [7, 11) is 0. The summed E-state index contributed by atoms with van der Waals surface area (Å²) < 4.78 is 40.0. The fourth-order valence-electron chi connectivity index (χ4n) is 1.66. The van der Waals surface area contributed by atoms with Crippen molar-refractivity contribution in [2.45, 2.75) is 6.42 Å². The van der Waals surface area contributed by atoms with Gasteiger partial charge < -0.3 is 0 Å². The smallest absolute Gasteiger partial charge is 0.168 e. The fourth-order valence-corrected chi connectivity index (χ4v) is 2.13. The van der Waals surface area contributed by atoms with Gasteiger partial charge in [-0.25, -0.2) is 13.2 Å². The first-order valence-electron chi connectivity index (χ1n) is 5.40. The Morgan fingerprint density at radius 3 is 2.58 bits per heavy atom. The zero-order valence-electron chi connectivity index (χ0n) is 9.59. The SMILES string of the molecule is O=C(Cc1cccc(F)c1F)c1cc(F)ccc1Br. The highest BCUT2D eigenvalue weighted by molar-refractivity contribution is 9.10. The zero-order chi connectivity index (χ0) is 14.0. The summed E-state index contributed by atoms with van der Waals surface area (Å²) in [5.41, 5.74) is 0.0461. The number of Topliss-reactive ketones (excluding diaryl/α,β-unsaturated/α-hetero) is 1. The van der Waals surface area contributed by atoms with Gasteiger partial charge >= 0.3 is 0 Å². The standard InChI is InChI=1S/C14H8BrF3O/c15-11-5-4-9(16)7-10(11)13(19)6-8-2-1-3-12(17)14(8)18/h1-5,7H,6H2. The van der Waals surface area contributed by atoms with E-state index >= 15 is 0 Å². The van der Waals surface area contributed by atoms with Gasteiger partial charge in [0.1, 0.15) is 5.82 Å². The summed E-state index contributed by atoms with van der Waals surface area (Å²) in [6.45, 7) is 0. The highest BCUT2D eigenvalue weighted by atomic mass is 79.9. The first kappa shape index (κ1) is 13.8. The maximum absolute atomic E-state index is 13.4. The van der Waals surface area contributed by atoms with Crippen LogP contribution in [-0.2, 0) is 6.42 Å². The molecule has 0 aromatic heterocycles. The maximum atomic E-state index is 13.4. The summed E-state index contributed by atoms with van der Waals surface area (Å²) in [6.07, 6.45) is -0.328. The largest absolute Gasteiger partial charge is 0.294 e. The van der Waals surface area contributed by atoms with Crippen LogP contribution in [0.1, 0.15) is 15.9 Å². The van der Waals surface area contributed by atoms with Crippen LogP contribution in [0.2, 0.25) is 0 Å². The van der Waals surface area contributed by atoms with Crippen molar-refractivity contribution in [1.29, 1.82) is 0 Å². The lowest BCUT2D eigenvalue weighted by Gasteiger charge is -2.05. The average Bonchev–Trinajstić information content (AvgIpc) is 2.38. The van der Waals surface area contributed by atoms with E-state index in [9.17, 15) is 18.0 Å². The highest BCUT2D eigenvalue weighted by Gasteiger charge is 2.15. The molecule has 0 fully saturated rings. The molecule has 0 bridgehead atoms. The molecule has 19 heavy (non-hydrogen) atoms. The van der Waals surface area contributed by atoms with Crippen LogP contribution in [0.4, 0.5) is 13.2 Å². The Morgan fingerprint density at radius 2 is 1.84 bits per heavy atom. The van der Waals surface area contributed by atoms with Crippen LogP contribution in [0.5, 0.6) is 0 Å². The van der Waals surface area contributed by atoms with Crippen molar-refractivity contribution in [3.8, 4) is 0 Å². The molecule has 0 radical (unpaired) electrons. The highest BCUT2D eigenvalue weighted by Crippen LogP contribution is 2.21. The Hall–Kier alpha value is -1.62. The maximum Gasteiger partial charge on any atom is 0.168 e. The number of hydrogen-bond donors (Lipinski definition) is 0. The third-order valence-corrected chi connectivity index (χ3v) is 3.30. The number of benzene rings is 2. The predicted octanol–water partition coefficient (Wildman–Crippen LogP) is 4.29. The van der Waals surface area contributed by atoms with E-state index in [2.05, 4.69) is 15.9 Å². The Morgan fingerprint density at radius 1 is 1.11 bits per heavy atom. The molecule has 0 saturated carbocycles. The number of ketones is 1. The van der Waals surface area contributed by atoms with Gasteiger partial charge in [-0.05, 0) is 29.8 Å². The van der Waals surface area contributed by atoms with Crippen molar-refractivity contribution in [3.63, 3.8) is 0 Å². The molecule has 5 heteroatoms. The molecule has 0 aliphatic heterocycles. The molecular formula is C14H8BrF3O. The molecule has 1 nitrogen and oxygen atoms in total. The molecule has 2 aromatic carbocycles. The van der Waals surface area contributed by atoms with Gasteiger partial charge in [0, 0.05) is 16.5 Å². The first-order valence-corrected chi connectivity index (χ1v) is 6.19. The van der Waals surface area contributed by atoms with E-state index < -0.39 is 23.2 Å². The summed E-state index contributed by atoms with van der Waals surface area (Å²) in [5, 5.41) is 0. The average molecular weight is 329 g/mol. The van der Waals surface area contributed by atoms with Crippen LogP contribution in [0.3, 0.4) is 0 Å². The van der Waals surface area contributed by atoms with Gasteiger partial charge in [-0.2, -0.15) is 0 Å². The topological polar surface area (TPSA) is 17.1 Å². The van der Waals surface area contributed by atoms with E-state index in [4.69, 9.17) is 0 Å². The Kier molecular flexibility index (Phi) is 4.04. The van der Waals surface area contributed by atoms with Gasteiger partial charge in [-0.1, -0.05) is 28.1 Å². The number of halogens is 4. The number of hydrogen-bond acceptors (Lipinski definition) is 1. The van der Waals surface area contributed by atoms with Crippen molar-refractivity contribution in [2.24, 2.45) is 0 Å². The number of carbonyl (C=O) groups excluding carboxylic acids is 1. The third-order valence-electron chi connectivity index (χ3n) is 2.61. The zero-order valence-corrected chi connectivity index (χ0v) is 11.2. The lowest BCUT2D eigenvalue weighted by atomic mass is 10.0. The molecule has 2 aromatic rings. The van der Waals surface area contributed by atoms with Crippen molar-refractivity contribution in [2.75, 3.05) is 0 Å². The van der Waals surface area contributed by atoms with E-state index in [1.54, 1.807) is 0 Å². The molecule has 0 unspecified atom stereocenters.